The third-order valence-corrected chi connectivity index (χ3v) is 5.52. The van der Waals surface area contributed by atoms with Crippen LogP contribution in [0, 0.1) is 6.92 Å². The van der Waals surface area contributed by atoms with Gasteiger partial charge < -0.3 is 9.72 Å². The van der Waals surface area contributed by atoms with Crippen LogP contribution in [0.4, 0.5) is 0 Å². The molecule has 0 amide bonds. The molecule has 2 bridgehead atoms. The third-order valence-electron chi connectivity index (χ3n) is 5.52. The lowest BCUT2D eigenvalue weighted by Gasteiger charge is -2.28. The summed E-state index contributed by atoms with van der Waals surface area (Å²) in [5.74, 6) is 1.64. The second-order valence-corrected chi connectivity index (χ2v) is 7.85. The molecule has 5 heteroatoms. The van der Waals surface area contributed by atoms with Gasteiger partial charge >= 0.3 is 0 Å². The standard InChI is InChI=1S/C21H27N3O2/c1-13(2)26-18-8-4-15(5-9-18)12-24-16-6-7-17(24)11-20-19(10-16)21(25)23-14(3)22-20/h4-5,8-9,13,16-17H,6-7,10-12H2,1-3H3,(H,22,23,25). The number of fused-ring (bicyclic) bond motifs is 3. The Bertz CT molecular complexity index is 841. The highest BCUT2D eigenvalue weighted by Gasteiger charge is 2.38. The topological polar surface area (TPSA) is 58.2 Å². The number of nitrogens with zero attached hydrogens (tertiary/aromatic N) is 2. The van der Waals surface area contributed by atoms with Crippen molar-refractivity contribution in [1.82, 2.24) is 14.9 Å². The number of hydrogen-bond acceptors (Lipinski definition) is 4. The first-order valence-corrected chi connectivity index (χ1v) is 9.59. The molecule has 2 aliphatic rings. The Labute approximate surface area is 154 Å². The van der Waals surface area contributed by atoms with Gasteiger partial charge in [-0.15, -0.1) is 0 Å². The van der Waals surface area contributed by atoms with E-state index in [-0.39, 0.29) is 11.7 Å². The maximum absolute atomic E-state index is 12.4. The summed E-state index contributed by atoms with van der Waals surface area (Å²) < 4.78 is 5.74. The van der Waals surface area contributed by atoms with Crippen LogP contribution >= 0.6 is 0 Å². The predicted molar refractivity (Wildman–Crippen MR) is 102 cm³/mol. The van der Waals surface area contributed by atoms with Crippen LogP contribution in [0.3, 0.4) is 0 Å². The Morgan fingerprint density at radius 3 is 2.58 bits per heavy atom. The summed E-state index contributed by atoms with van der Waals surface area (Å²) in [6.07, 6.45) is 4.22. The van der Waals surface area contributed by atoms with Gasteiger partial charge in [-0.2, -0.15) is 0 Å². The minimum absolute atomic E-state index is 0.0511. The Hall–Kier alpha value is -2.14. The fourth-order valence-corrected chi connectivity index (χ4v) is 4.37. The number of aromatic amines is 1. The molecule has 2 aliphatic heterocycles. The molecule has 0 spiro atoms. The zero-order valence-corrected chi connectivity index (χ0v) is 15.8. The number of benzene rings is 1. The van der Waals surface area contributed by atoms with Crippen molar-refractivity contribution in [2.45, 2.75) is 71.2 Å². The van der Waals surface area contributed by atoms with Crippen LogP contribution in [-0.2, 0) is 19.4 Å². The average molecular weight is 353 g/mol. The highest BCUT2D eigenvalue weighted by molar-refractivity contribution is 5.29. The molecular formula is C21H27N3O2. The van der Waals surface area contributed by atoms with E-state index >= 15 is 0 Å². The van der Waals surface area contributed by atoms with Crippen molar-refractivity contribution in [3.8, 4) is 5.75 Å². The van der Waals surface area contributed by atoms with E-state index in [1.807, 2.05) is 20.8 Å². The molecule has 1 fully saturated rings. The smallest absolute Gasteiger partial charge is 0.254 e. The largest absolute Gasteiger partial charge is 0.491 e. The Kier molecular flexibility index (Phi) is 4.57. The van der Waals surface area contributed by atoms with Crippen LogP contribution in [0.1, 0.15) is 49.3 Å². The molecule has 26 heavy (non-hydrogen) atoms. The number of ether oxygens (including phenoxy) is 1. The zero-order valence-electron chi connectivity index (χ0n) is 15.8. The van der Waals surface area contributed by atoms with Gasteiger partial charge in [-0.05, 0) is 57.7 Å². The van der Waals surface area contributed by atoms with Gasteiger partial charge in [0, 0.05) is 30.6 Å². The maximum Gasteiger partial charge on any atom is 0.254 e. The number of aromatic nitrogens is 2. The predicted octanol–water partition coefficient (Wildman–Crippen LogP) is 3.00. The lowest BCUT2D eigenvalue weighted by Crippen LogP contribution is -2.36. The third kappa shape index (κ3) is 3.40. The lowest BCUT2D eigenvalue weighted by atomic mass is 9.98. The summed E-state index contributed by atoms with van der Waals surface area (Å²) in [5.41, 5.74) is 3.25. The van der Waals surface area contributed by atoms with Crippen LogP contribution in [0.5, 0.6) is 5.75 Å². The molecule has 3 heterocycles. The van der Waals surface area contributed by atoms with E-state index in [9.17, 15) is 4.79 Å². The number of H-pyrrole nitrogens is 1. The second kappa shape index (κ2) is 6.88. The zero-order chi connectivity index (χ0) is 18.3. The van der Waals surface area contributed by atoms with Gasteiger partial charge in [0.05, 0.1) is 11.8 Å². The van der Waals surface area contributed by atoms with E-state index < -0.39 is 0 Å². The molecule has 2 atom stereocenters. The van der Waals surface area contributed by atoms with Crippen molar-refractivity contribution in [3.63, 3.8) is 0 Å². The number of aryl methyl sites for hydroxylation is 1. The van der Waals surface area contributed by atoms with Gasteiger partial charge in [0.25, 0.3) is 5.56 Å². The van der Waals surface area contributed by atoms with Crippen molar-refractivity contribution in [2.75, 3.05) is 0 Å². The quantitative estimate of drug-likeness (QED) is 0.918. The minimum atomic E-state index is 0.0511. The molecule has 0 radical (unpaired) electrons. The molecule has 1 saturated heterocycles. The summed E-state index contributed by atoms with van der Waals surface area (Å²) in [6.45, 7) is 6.86. The first-order valence-electron chi connectivity index (χ1n) is 9.59. The van der Waals surface area contributed by atoms with Gasteiger partial charge in [0.2, 0.25) is 0 Å². The number of rotatable bonds is 4. The fourth-order valence-electron chi connectivity index (χ4n) is 4.37. The molecule has 1 aromatic heterocycles. The summed E-state index contributed by atoms with van der Waals surface area (Å²) >= 11 is 0. The molecule has 5 nitrogen and oxygen atoms in total. The van der Waals surface area contributed by atoms with E-state index in [1.165, 1.54) is 12.0 Å². The van der Waals surface area contributed by atoms with E-state index in [4.69, 9.17) is 4.74 Å². The summed E-state index contributed by atoms with van der Waals surface area (Å²) in [5, 5.41) is 0. The van der Waals surface area contributed by atoms with E-state index in [1.54, 1.807) is 0 Å². The molecule has 138 valence electrons. The Balaban J connectivity index is 1.54. The summed E-state index contributed by atoms with van der Waals surface area (Å²) in [6, 6.07) is 9.33. The molecule has 0 saturated carbocycles. The maximum atomic E-state index is 12.4. The average Bonchev–Trinajstić information content (AvgIpc) is 2.84. The van der Waals surface area contributed by atoms with Crippen molar-refractivity contribution < 1.29 is 4.74 Å². The number of nitrogens with one attached hydrogen (secondary N) is 1. The molecule has 2 aromatic rings. The van der Waals surface area contributed by atoms with E-state index in [0.717, 1.165) is 48.6 Å². The van der Waals surface area contributed by atoms with Gasteiger partial charge in [-0.25, -0.2) is 4.98 Å². The molecule has 1 aromatic carbocycles. The first-order chi connectivity index (χ1) is 12.5. The van der Waals surface area contributed by atoms with Crippen LogP contribution in [0.2, 0.25) is 0 Å². The SMILES string of the molecule is Cc1nc2c(c(=O)[nH]1)CC1CCC(C2)N1Cc1ccc(OC(C)C)cc1. The van der Waals surface area contributed by atoms with Gasteiger partial charge in [-0.3, -0.25) is 9.69 Å². The molecule has 4 rings (SSSR count). The lowest BCUT2D eigenvalue weighted by molar-refractivity contribution is 0.187. The second-order valence-electron chi connectivity index (χ2n) is 7.85. The van der Waals surface area contributed by atoms with Gasteiger partial charge in [0.1, 0.15) is 11.6 Å². The first kappa shape index (κ1) is 17.3. The van der Waals surface area contributed by atoms with E-state index in [2.05, 4.69) is 39.1 Å². The summed E-state index contributed by atoms with van der Waals surface area (Å²) in [7, 11) is 0. The van der Waals surface area contributed by atoms with Crippen LogP contribution in [0.25, 0.3) is 0 Å². The van der Waals surface area contributed by atoms with Gasteiger partial charge in [0.15, 0.2) is 0 Å². The van der Waals surface area contributed by atoms with Crippen LogP contribution < -0.4 is 10.3 Å². The highest BCUT2D eigenvalue weighted by atomic mass is 16.5. The van der Waals surface area contributed by atoms with Crippen LogP contribution in [-0.4, -0.2) is 33.1 Å². The minimum Gasteiger partial charge on any atom is -0.491 e. The molecule has 1 N–H and O–H groups in total. The van der Waals surface area contributed by atoms with Crippen molar-refractivity contribution in [2.24, 2.45) is 0 Å². The van der Waals surface area contributed by atoms with Crippen molar-refractivity contribution >= 4 is 0 Å². The molecular weight excluding hydrogens is 326 g/mol. The Morgan fingerprint density at radius 2 is 1.88 bits per heavy atom. The molecule has 0 aliphatic carbocycles. The van der Waals surface area contributed by atoms with Crippen molar-refractivity contribution in [1.29, 1.82) is 0 Å². The van der Waals surface area contributed by atoms with E-state index in [0.29, 0.717) is 12.1 Å². The van der Waals surface area contributed by atoms with Crippen LogP contribution in [0.15, 0.2) is 29.1 Å². The van der Waals surface area contributed by atoms with Crippen molar-refractivity contribution in [3.05, 3.63) is 57.3 Å². The monoisotopic (exact) mass is 353 g/mol. The molecule has 2 unspecified atom stereocenters. The van der Waals surface area contributed by atoms with Gasteiger partial charge in [-0.1, -0.05) is 12.1 Å². The Morgan fingerprint density at radius 1 is 1.19 bits per heavy atom. The highest BCUT2D eigenvalue weighted by Crippen LogP contribution is 2.34. The normalized spacial score (nSPS) is 22.3. The summed E-state index contributed by atoms with van der Waals surface area (Å²) in [4.78, 5) is 22.5. The number of hydrogen-bond donors (Lipinski definition) is 1. The fraction of sp³-hybridized carbons (Fsp3) is 0.524.